The van der Waals surface area contributed by atoms with Gasteiger partial charge in [0.15, 0.2) is 5.69 Å². The summed E-state index contributed by atoms with van der Waals surface area (Å²) < 4.78 is 6.13. The van der Waals surface area contributed by atoms with E-state index < -0.39 is 5.91 Å². The Labute approximate surface area is 105 Å². The molecular weight excluding hydrogens is 288 g/mol. The van der Waals surface area contributed by atoms with Crippen molar-refractivity contribution in [1.29, 1.82) is 0 Å². The molecule has 2 aromatic heterocycles. The van der Waals surface area contributed by atoms with Gasteiger partial charge in [-0.15, -0.1) is 0 Å². The maximum atomic E-state index is 11.1. The molecule has 17 heavy (non-hydrogen) atoms. The van der Waals surface area contributed by atoms with Crippen LogP contribution in [0.1, 0.15) is 10.5 Å². The maximum absolute atomic E-state index is 11.1. The fourth-order valence-corrected chi connectivity index (χ4v) is 1.47. The largest absolute Gasteiger partial charge is 0.435 e. The number of hydrogen-bond donors (Lipinski definition) is 1. The van der Waals surface area contributed by atoms with E-state index in [0.717, 1.165) is 4.47 Å². The summed E-state index contributed by atoms with van der Waals surface area (Å²) in [5, 5.41) is 0. The number of hydrogen-bond acceptors (Lipinski definition) is 5. The number of primary amides is 1. The Bertz CT molecular complexity index is 562. The molecule has 6 nitrogen and oxygen atoms in total. The standard InChI is InChI=1S/C10H7BrN4O2/c11-6-3-7(5-13-4-6)17-10-8(9(12)16)14-1-2-15-10/h1-5H,(H2,12,16). The Morgan fingerprint density at radius 2 is 2.06 bits per heavy atom. The van der Waals surface area contributed by atoms with Crippen molar-refractivity contribution >= 4 is 21.8 Å². The number of ether oxygens (including phenoxy) is 1. The monoisotopic (exact) mass is 294 g/mol. The van der Waals surface area contributed by atoms with Gasteiger partial charge >= 0.3 is 0 Å². The first-order valence-corrected chi connectivity index (χ1v) is 5.35. The number of aromatic nitrogens is 3. The first-order valence-electron chi connectivity index (χ1n) is 4.56. The first kappa shape index (κ1) is 11.5. The van der Waals surface area contributed by atoms with E-state index in [0.29, 0.717) is 5.75 Å². The van der Waals surface area contributed by atoms with Crippen LogP contribution in [0.5, 0.6) is 11.6 Å². The number of amides is 1. The zero-order valence-corrected chi connectivity index (χ0v) is 10.1. The summed E-state index contributed by atoms with van der Waals surface area (Å²) in [6, 6.07) is 1.69. The van der Waals surface area contributed by atoms with Gasteiger partial charge in [-0.3, -0.25) is 9.78 Å². The molecule has 7 heteroatoms. The minimum absolute atomic E-state index is 0.0209. The molecule has 0 unspecified atom stereocenters. The molecule has 2 aromatic rings. The van der Waals surface area contributed by atoms with Crippen LogP contribution in [0.15, 0.2) is 35.3 Å². The third kappa shape index (κ3) is 2.76. The van der Waals surface area contributed by atoms with E-state index >= 15 is 0 Å². The molecule has 0 saturated carbocycles. The minimum Gasteiger partial charge on any atom is -0.435 e. The summed E-state index contributed by atoms with van der Waals surface area (Å²) in [6.45, 7) is 0. The Hall–Kier alpha value is -2.02. The van der Waals surface area contributed by atoms with Crippen LogP contribution in [0.3, 0.4) is 0 Å². The fourth-order valence-electron chi connectivity index (χ4n) is 1.13. The van der Waals surface area contributed by atoms with Crippen LogP contribution in [0.4, 0.5) is 0 Å². The average molecular weight is 295 g/mol. The van der Waals surface area contributed by atoms with E-state index in [-0.39, 0.29) is 11.6 Å². The Morgan fingerprint density at radius 3 is 2.76 bits per heavy atom. The topological polar surface area (TPSA) is 91.0 Å². The fraction of sp³-hybridized carbons (Fsp3) is 0. The Morgan fingerprint density at radius 1 is 1.29 bits per heavy atom. The zero-order chi connectivity index (χ0) is 12.3. The van der Waals surface area contributed by atoms with Crippen LogP contribution in [0.2, 0.25) is 0 Å². The van der Waals surface area contributed by atoms with E-state index in [1.54, 1.807) is 12.3 Å². The summed E-state index contributed by atoms with van der Waals surface area (Å²) >= 11 is 3.25. The second-order valence-corrected chi connectivity index (χ2v) is 3.93. The Balaban J connectivity index is 2.33. The van der Waals surface area contributed by atoms with Gasteiger partial charge in [0.2, 0.25) is 0 Å². The summed E-state index contributed by atoms with van der Waals surface area (Å²) in [7, 11) is 0. The lowest BCUT2D eigenvalue weighted by molar-refractivity contribution is 0.0992. The van der Waals surface area contributed by atoms with Gasteiger partial charge in [-0.05, 0) is 22.0 Å². The lowest BCUT2D eigenvalue weighted by Crippen LogP contribution is -2.14. The predicted octanol–water partition coefficient (Wildman–Crippen LogP) is 1.53. The average Bonchev–Trinajstić information content (AvgIpc) is 2.29. The molecule has 0 bridgehead atoms. The number of nitrogens with two attached hydrogens (primary N) is 1. The van der Waals surface area contributed by atoms with E-state index in [9.17, 15) is 4.79 Å². The first-order chi connectivity index (χ1) is 8.16. The van der Waals surface area contributed by atoms with Crippen molar-refractivity contribution in [2.75, 3.05) is 0 Å². The van der Waals surface area contributed by atoms with Crippen molar-refractivity contribution in [1.82, 2.24) is 15.0 Å². The summed E-state index contributed by atoms with van der Waals surface area (Å²) in [6.07, 6.45) is 5.88. The number of carbonyl (C=O) groups excluding carboxylic acids is 1. The summed E-state index contributed by atoms with van der Waals surface area (Å²) in [5.74, 6) is -0.210. The molecular formula is C10H7BrN4O2. The van der Waals surface area contributed by atoms with Crippen LogP contribution in [0, 0.1) is 0 Å². The quantitative estimate of drug-likeness (QED) is 0.927. The molecule has 0 aliphatic heterocycles. The summed E-state index contributed by atoms with van der Waals surface area (Å²) in [4.78, 5) is 22.7. The minimum atomic E-state index is -0.698. The van der Waals surface area contributed by atoms with Crippen molar-refractivity contribution < 1.29 is 9.53 Å². The molecule has 1 amide bonds. The molecule has 2 heterocycles. The molecule has 0 atom stereocenters. The van der Waals surface area contributed by atoms with Gasteiger partial charge in [-0.2, -0.15) is 0 Å². The molecule has 86 valence electrons. The van der Waals surface area contributed by atoms with Gasteiger partial charge in [0.25, 0.3) is 11.8 Å². The molecule has 0 aromatic carbocycles. The zero-order valence-electron chi connectivity index (χ0n) is 8.50. The highest BCUT2D eigenvalue weighted by atomic mass is 79.9. The third-order valence-electron chi connectivity index (χ3n) is 1.79. The van der Waals surface area contributed by atoms with E-state index in [1.807, 2.05) is 0 Å². The van der Waals surface area contributed by atoms with E-state index in [1.165, 1.54) is 18.6 Å². The SMILES string of the molecule is NC(=O)c1nccnc1Oc1cncc(Br)c1. The van der Waals surface area contributed by atoms with Gasteiger partial charge in [-0.1, -0.05) is 0 Å². The number of halogens is 1. The smallest absolute Gasteiger partial charge is 0.272 e. The highest BCUT2D eigenvalue weighted by Crippen LogP contribution is 2.23. The number of pyridine rings is 1. The van der Waals surface area contributed by atoms with Crippen molar-refractivity contribution in [3.8, 4) is 11.6 Å². The molecule has 0 aliphatic rings. The van der Waals surface area contributed by atoms with E-state index in [2.05, 4.69) is 30.9 Å². The lowest BCUT2D eigenvalue weighted by atomic mass is 10.4. The van der Waals surface area contributed by atoms with Gasteiger partial charge < -0.3 is 10.5 Å². The van der Waals surface area contributed by atoms with Crippen molar-refractivity contribution in [3.63, 3.8) is 0 Å². The van der Waals surface area contributed by atoms with Crippen LogP contribution in [-0.2, 0) is 0 Å². The van der Waals surface area contributed by atoms with E-state index in [4.69, 9.17) is 10.5 Å². The molecule has 0 aliphatic carbocycles. The second-order valence-electron chi connectivity index (χ2n) is 3.02. The van der Waals surface area contributed by atoms with Gasteiger partial charge in [-0.25, -0.2) is 9.97 Å². The van der Waals surface area contributed by atoms with Crippen molar-refractivity contribution in [2.45, 2.75) is 0 Å². The van der Waals surface area contributed by atoms with Gasteiger partial charge in [0, 0.05) is 23.1 Å². The maximum Gasteiger partial charge on any atom is 0.272 e. The number of carbonyl (C=O) groups is 1. The van der Waals surface area contributed by atoms with Crippen molar-refractivity contribution in [3.05, 3.63) is 41.0 Å². The van der Waals surface area contributed by atoms with Gasteiger partial charge in [0.1, 0.15) is 5.75 Å². The highest BCUT2D eigenvalue weighted by molar-refractivity contribution is 9.10. The number of nitrogens with zero attached hydrogens (tertiary/aromatic N) is 3. The predicted molar refractivity (Wildman–Crippen MR) is 62.6 cm³/mol. The molecule has 0 radical (unpaired) electrons. The summed E-state index contributed by atoms with van der Waals surface area (Å²) in [5.41, 5.74) is 5.13. The molecule has 0 saturated heterocycles. The van der Waals surface area contributed by atoms with Crippen LogP contribution >= 0.6 is 15.9 Å². The molecule has 0 spiro atoms. The Kier molecular flexibility index (Phi) is 3.29. The molecule has 0 fully saturated rings. The third-order valence-corrected chi connectivity index (χ3v) is 2.23. The molecule has 2 N–H and O–H groups in total. The van der Waals surface area contributed by atoms with Gasteiger partial charge in [0.05, 0.1) is 6.20 Å². The highest BCUT2D eigenvalue weighted by Gasteiger charge is 2.12. The van der Waals surface area contributed by atoms with Crippen LogP contribution in [0.25, 0.3) is 0 Å². The van der Waals surface area contributed by atoms with Crippen molar-refractivity contribution in [2.24, 2.45) is 5.73 Å². The molecule has 2 rings (SSSR count). The second kappa shape index (κ2) is 4.88. The number of rotatable bonds is 3. The van der Waals surface area contributed by atoms with Crippen LogP contribution in [-0.4, -0.2) is 20.9 Å². The normalized spacial score (nSPS) is 9.94. The van der Waals surface area contributed by atoms with Crippen LogP contribution < -0.4 is 10.5 Å². The lowest BCUT2D eigenvalue weighted by Gasteiger charge is -2.06.